The SMILES string of the molecule is O=C(NC(c1ccccc1)c1ccc(C2CC2)cn1)[C@@H]1C[C@@H](F)CN1C(=O)CC1=CNNN1. The Kier molecular flexibility index (Phi) is 5.95. The van der Waals surface area contributed by atoms with E-state index in [9.17, 15) is 14.0 Å². The number of amides is 2. The molecular weight excluding hydrogens is 423 g/mol. The van der Waals surface area contributed by atoms with Crippen molar-refractivity contribution in [3.63, 3.8) is 0 Å². The Balaban J connectivity index is 1.35. The largest absolute Gasteiger partial charge is 0.342 e. The molecule has 8 nitrogen and oxygen atoms in total. The molecule has 3 aliphatic rings. The monoisotopic (exact) mass is 450 g/mol. The molecule has 33 heavy (non-hydrogen) atoms. The average Bonchev–Trinajstić information content (AvgIpc) is 3.42. The van der Waals surface area contributed by atoms with Gasteiger partial charge in [0.2, 0.25) is 11.8 Å². The fourth-order valence-corrected chi connectivity index (χ4v) is 4.40. The second-order valence-electron chi connectivity index (χ2n) is 8.78. The van der Waals surface area contributed by atoms with Gasteiger partial charge in [-0.3, -0.25) is 14.6 Å². The van der Waals surface area contributed by atoms with Gasteiger partial charge in [0.15, 0.2) is 0 Å². The number of likely N-dealkylation sites (tertiary alicyclic amines) is 1. The van der Waals surface area contributed by atoms with E-state index in [1.54, 1.807) is 6.20 Å². The minimum atomic E-state index is -1.24. The van der Waals surface area contributed by atoms with E-state index in [1.807, 2.05) is 42.6 Å². The molecule has 3 heterocycles. The van der Waals surface area contributed by atoms with Crippen LogP contribution in [0.5, 0.6) is 0 Å². The second kappa shape index (κ2) is 9.19. The number of hydrogen-bond acceptors (Lipinski definition) is 6. The molecule has 3 atom stereocenters. The number of nitrogens with zero attached hydrogens (tertiary/aromatic N) is 2. The lowest BCUT2D eigenvalue weighted by Crippen LogP contribution is -2.47. The van der Waals surface area contributed by atoms with Gasteiger partial charge in [-0.05, 0) is 36.0 Å². The first kappa shape index (κ1) is 21.4. The number of benzene rings is 1. The van der Waals surface area contributed by atoms with Crippen LogP contribution in [0, 0.1) is 0 Å². The molecule has 1 unspecified atom stereocenters. The highest BCUT2D eigenvalue weighted by atomic mass is 19.1. The predicted octanol–water partition coefficient (Wildman–Crippen LogP) is 1.95. The Labute approximate surface area is 191 Å². The third-order valence-electron chi connectivity index (χ3n) is 6.33. The number of aromatic nitrogens is 1. The Morgan fingerprint density at radius 3 is 2.67 bits per heavy atom. The molecule has 2 aromatic rings. The van der Waals surface area contributed by atoms with Crippen molar-refractivity contribution in [2.75, 3.05) is 6.54 Å². The maximum Gasteiger partial charge on any atom is 0.243 e. The van der Waals surface area contributed by atoms with Crippen LogP contribution in [0.3, 0.4) is 0 Å². The first-order valence-corrected chi connectivity index (χ1v) is 11.3. The zero-order valence-electron chi connectivity index (χ0n) is 18.1. The van der Waals surface area contributed by atoms with Gasteiger partial charge in [0, 0.05) is 18.8 Å². The third kappa shape index (κ3) is 4.83. The van der Waals surface area contributed by atoms with Crippen molar-refractivity contribution in [1.29, 1.82) is 0 Å². The molecule has 1 aliphatic carbocycles. The van der Waals surface area contributed by atoms with Gasteiger partial charge in [-0.2, -0.15) is 5.53 Å². The number of halogens is 1. The van der Waals surface area contributed by atoms with Gasteiger partial charge in [0.05, 0.1) is 30.4 Å². The van der Waals surface area contributed by atoms with Crippen LogP contribution in [0.2, 0.25) is 0 Å². The standard InChI is InChI=1S/C24H27FN6O2/c25-18-10-21(31(14-18)22(32)11-19-13-27-30-29-19)24(33)28-23(16-4-2-1-3-5-16)20-9-8-17(12-26-20)15-6-7-15/h1-5,8-9,12-13,15,18,21,23,27,29-30H,6-7,10-11,14H2,(H,28,33)/t18-,21+,23?/m1/s1. The highest BCUT2D eigenvalue weighted by Crippen LogP contribution is 2.40. The number of rotatable bonds is 7. The van der Waals surface area contributed by atoms with Crippen molar-refractivity contribution in [3.05, 3.63) is 77.4 Å². The van der Waals surface area contributed by atoms with Crippen LogP contribution in [0.1, 0.15) is 54.5 Å². The van der Waals surface area contributed by atoms with E-state index in [0.29, 0.717) is 17.3 Å². The molecule has 1 saturated carbocycles. The highest BCUT2D eigenvalue weighted by molar-refractivity contribution is 5.89. The van der Waals surface area contributed by atoms with E-state index >= 15 is 0 Å². The van der Waals surface area contributed by atoms with E-state index in [0.717, 1.165) is 5.56 Å². The number of carbonyl (C=O) groups excluding carboxylic acids is 2. The molecule has 0 spiro atoms. The van der Waals surface area contributed by atoms with Crippen LogP contribution >= 0.6 is 0 Å². The van der Waals surface area contributed by atoms with Gasteiger partial charge in [0.1, 0.15) is 12.2 Å². The Bertz CT molecular complexity index is 1040. The van der Waals surface area contributed by atoms with Crippen molar-refractivity contribution >= 4 is 11.8 Å². The van der Waals surface area contributed by atoms with Crippen molar-refractivity contribution < 1.29 is 14.0 Å². The zero-order valence-corrected chi connectivity index (χ0v) is 18.1. The topological polar surface area (TPSA) is 98.4 Å². The molecule has 1 saturated heterocycles. The predicted molar refractivity (Wildman–Crippen MR) is 120 cm³/mol. The maximum atomic E-state index is 14.3. The van der Waals surface area contributed by atoms with Gasteiger partial charge in [-0.15, -0.1) is 0 Å². The molecule has 5 rings (SSSR count). The Morgan fingerprint density at radius 1 is 1.18 bits per heavy atom. The first-order valence-electron chi connectivity index (χ1n) is 11.3. The molecule has 2 fully saturated rings. The lowest BCUT2D eigenvalue weighted by molar-refractivity contribution is -0.138. The molecule has 0 bridgehead atoms. The van der Waals surface area contributed by atoms with Crippen LogP contribution in [0.4, 0.5) is 4.39 Å². The molecular formula is C24H27FN6O2. The van der Waals surface area contributed by atoms with Crippen LogP contribution in [0.25, 0.3) is 0 Å². The van der Waals surface area contributed by atoms with Crippen LogP contribution in [-0.4, -0.2) is 40.5 Å². The summed E-state index contributed by atoms with van der Waals surface area (Å²) in [4.78, 5) is 32.1. The van der Waals surface area contributed by atoms with E-state index < -0.39 is 18.3 Å². The Hall–Kier alpha value is -3.46. The molecule has 2 amide bonds. The lowest BCUT2D eigenvalue weighted by Gasteiger charge is -2.26. The van der Waals surface area contributed by atoms with E-state index in [-0.39, 0.29) is 31.2 Å². The molecule has 9 heteroatoms. The minimum Gasteiger partial charge on any atom is -0.342 e. The summed E-state index contributed by atoms with van der Waals surface area (Å²) >= 11 is 0. The number of hydrogen-bond donors (Lipinski definition) is 4. The number of hydrazine groups is 2. The smallest absolute Gasteiger partial charge is 0.243 e. The summed E-state index contributed by atoms with van der Waals surface area (Å²) in [7, 11) is 0. The number of alkyl halides is 1. The van der Waals surface area contributed by atoms with Crippen molar-refractivity contribution in [3.8, 4) is 0 Å². The van der Waals surface area contributed by atoms with E-state index in [2.05, 4.69) is 32.8 Å². The number of pyridine rings is 1. The van der Waals surface area contributed by atoms with Crippen LogP contribution < -0.4 is 21.7 Å². The van der Waals surface area contributed by atoms with Crippen molar-refractivity contribution in [1.82, 2.24) is 31.6 Å². The molecule has 172 valence electrons. The molecule has 1 aromatic heterocycles. The quantitative estimate of drug-likeness (QED) is 0.515. The zero-order chi connectivity index (χ0) is 22.8. The van der Waals surface area contributed by atoms with Crippen molar-refractivity contribution in [2.24, 2.45) is 0 Å². The summed E-state index contributed by atoms with van der Waals surface area (Å²) in [6.45, 7) is -0.0879. The van der Waals surface area contributed by atoms with Crippen molar-refractivity contribution in [2.45, 2.75) is 49.9 Å². The van der Waals surface area contributed by atoms with E-state index in [1.165, 1.54) is 23.3 Å². The Morgan fingerprint density at radius 2 is 2.00 bits per heavy atom. The molecule has 2 aliphatic heterocycles. The molecule has 1 aromatic carbocycles. The van der Waals surface area contributed by atoms with Gasteiger partial charge >= 0.3 is 0 Å². The maximum absolute atomic E-state index is 14.3. The molecule has 4 N–H and O–H groups in total. The van der Waals surface area contributed by atoms with Crippen LogP contribution in [-0.2, 0) is 9.59 Å². The fourth-order valence-electron chi connectivity index (χ4n) is 4.40. The summed E-state index contributed by atoms with van der Waals surface area (Å²) in [5.41, 5.74) is 11.6. The summed E-state index contributed by atoms with van der Waals surface area (Å²) < 4.78 is 14.3. The summed E-state index contributed by atoms with van der Waals surface area (Å²) in [6, 6.07) is 12.2. The number of carbonyl (C=O) groups is 2. The summed E-state index contributed by atoms with van der Waals surface area (Å²) in [5.74, 6) is -0.0940. The summed E-state index contributed by atoms with van der Waals surface area (Å²) in [5, 5.41) is 3.04. The van der Waals surface area contributed by atoms with Gasteiger partial charge in [-0.1, -0.05) is 36.4 Å². The van der Waals surface area contributed by atoms with Gasteiger partial charge < -0.3 is 21.1 Å². The number of nitrogens with one attached hydrogen (secondary N) is 4. The third-order valence-corrected chi connectivity index (χ3v) is 6.33. The van der Waals surface area contributed by atoms with Gasteiger partial charge in [-0.25, -0.2) is 4.39 Å². The second-order valence-corrected chi connectivity index (χ2v) is 8.78. The minimum absolute atomic E-state index is 0.0178. The van der Waals surface area contributed by atoms with E-state index in [4.69, 9.17) is 0 Å². The normalized spacial score (nSPS) is 22.8. The fraction of sp³-hybridized carbons (Fsp3) is 0.375. The summed E-state index contributed by atoms with van der Waals surface area (Å²) in [6.07, 6.45) is 4.67. The first-order chi connectivity index (χ1) is 16.1. The average molecular weight is 451 g/mol. The van der Waals surface area contributed by atoms with Gasteiger partial charge in [0.25, 0.3) is 0 Å². The molecule has 0 radical (unpaired) electrons. The highest BCUT2D eigenvalue weighted by Gasteiger charge is 2.40. The van der Waals surface area contributed by atoms with Crippen LogP contribution in [0.15, 0.2) is 60.6 Å². The lowest BCUT2D eigenvalue weighted by atomic mass is 10.0.